The number of fused-ring (bicyclic) bond motifs is 1. The fourth-order valence-corrected chi connectivity index (χ4v) is 6.92. The van der Waals surface area contributed by atoms with Gasteiger partial charge in [0.15, 0.2) is 21.3 Å². The smallest absolute Gasteiger partial charge is 0.232 e. The molecule has 3 aromatic carbocycles. The van der Waals surface area contributed by atoms with Crippen molar-refractivity contribution in [1.29, 1.82) is 0 Å². The lowest BCUT2D eigenvalue weighted by Crippen LogP contribution is -2.42. The van der Waals surface area contributed by atoms with Crippen LogP contribution in [0, 0.1) is 0 Å². The Hall–Kier alpha value is -3.07. The van der Waals surface area contributed by atoms with Crippen LogP contribution < -0.4 is 14.4 Å². The summed E-state index contributed by atoms with van der Waals surface area (Å²) in [5.74, 6) is 1.60. The Labute approximate surface area is 241 Å². The van der Waals surface area contributed by atoms with E-state index in [0.717, 1.165) is 27.9 Å². The fraction of sp³-hybridized carbons (Fsp3) is 0.387. The Morgan fingerprint density at radius 1 is 0.925 bits per heavy atom. The van der Waals surface area contributed by atoms with Crippen LogP contribution in [0.1, 0.15) is 55.1 Å². The van der Waals surface area contributed by atoms with Crippen LogP contribution in [0.25, 0.3) is 0 Å². The number of hydrogen-bond acceptors (Lipinski definition) is 6. The lowest BCUT2D eigenvalue weighted by Gasteiger charge is -2.38. The average Bonchev–Trinajstić information content (AvgIpc) is 2.92. The van der Waals surface area contributed by atoms with Gasteiger partial charge in [0, 0.05) is 29.8 Å². The number of benzene rings is 3. The van der Waals surface area contributed by atoms with Crippen molar-refractivity contribution in [1.82, 2.24) is 4.90 Å². The molecule has 2 aliphatic rings. The molecular weight excluding hydrogens is 548 g/mol. The molecule has 1 amide bonds. The van der Waals surface area contributed by atoms with Gasteiger partial charge in [-0.15, -0.1) is 0 Å². The first-order chi connectivity index (χ1) is 19.1. The molecule has 212 valence electrons. The third-order valence-corrected chi connectivity index (χ3v) is 9.58. The first-order valence-electron chi connectivity index (χ1n) is 13.6. The summed E-state index contributed by atoms with van der Waals surface area (Å²) >= 11 is 6.23. The Balaban J connectivity index is 1.53. The number of methoxy groups -OCH3 is 1. The molecule has 7 nitrogen and oxygen atoms in total. The molecule has 40 heavy (non-hydrogen) atoms. The Bertz CT molecular complexity index is 1480. The predicted molar refractivity (Wildman–Crippen MR) is 158 cm³/mol. The zero-order chi connectivity index (χ0) is 28.6. The van der Waals surface area contributed by atoms with Gasteiger partial charge in [-0.05, 0) is 79.4 Å². The van der Waals surface area contributed by atoms with Gasteiger partial charge in [-0.1, -0.05) is 35.9 Å². The highest BCUT2D eigenvalue weighted by Gasteiger charge is 2.36. The van der Waals surface area contributed by atoms with E-state index in [1.165, 1.54) is 0 Å². The minimum absolute atomic E-state index is 0.0194. The molecule has 0 aliphatic carbocycles. The number of sulfone groups is 1. The number of amides is 1. The van der Waals surface area contributed by atoms with Gasteiger partial charge in [0.25, 0.3) is 0 Å². The Morgan fingerprint density at radius 3 is 2.17 bits per heavy atom. The molecule has 0 unspecified atom stereocenters. The van der Waals surface area contributed by atoms with Crippen LogP contribution in [0.3, 0.4) is 0 Å². The maximum absolute atomic E-state index is 13.8. The number of ether oxygens (including phenoxy) is 2. The third-order valence-electron chi connectivity index (χ3n) is 7.72. The van der Waals surface area contributed by atoms with Crippen molar-refractivity contribution in [2.75, 3.05) is 36.6 Å². The van der Waals surface area contributed by atoms with Gasteiger partial charge in [0.2, 0.25) is 5.91 Å². The second kappa shape index (κ2) is 11.4. The molecule has 1 fully saturated rings. The zero-order valence-electron chi connectivity index (χ0n) is 23.3. The summed E-state index contributed by atoms with van der Waals surface area (Å²) in [6.45, 7) is 7.08. The molecule has 3 aromatic rings. The molecule has 2 aliphatic heterocycles. The molecule has 0 aromatic heterocycles. The van der Waals surface area contributed by atoms with Crippen LogP contribution in [-0.4, -0.2) is 57.0 Å². The first kappa shape index (κ1) is 28.5. The van der Waals surface area contributed by atoms with Gasteiger partial charge in [0.05, 0.1) is 37.2 Å². The topological polar surface area (TPSA) is 76.2 Å². The van der Waals surface area contributed by atoms with E-state index in [0.29, 0.717) is 29.6 Å². The zero-order valence-corrected chi connectivity index (χ0v) is 24.8. The first-order valence-corrected chi connectivity index (χ1v) is 15.8. The average molecular weight is 583 g/mol. The Morgan fingerprint density at radius 2 is 1.57 bits per heavy atom. The minimum Gasteiger partial charge on any atom is -0.493 e. The maximum atomic E-state index is 13.8. The van der Waals surface area contributed by atoms with Gasteiger partial charge in [-0.3, -0.25) is 9.69 Å². The van der Waals surface area contributed by atoms with Gasteiger partial charge >= 0.3 is 0 Å². The molecule has 0 saturated carbocycles. The standard InChI is InChI=1S/C31H35ClN2O5S/c1-20(2)39-29-19-27-24(17-28(29)38-4)18-30(35)34(31(27)23-5-9-25(32)10-6-23)26-11-7-22(8-12-26)21(3)33-13-15-40(36,37)16-14-33/h5-12,17,19-21,31H,13-16,18H2,1-4H3/t21-,31+/m1/s1. The van der Waals surface area contributed by atoms with Crippen molar-refractivity contribution < 1.29 is 22.7 Å². The molecule has 0 radical (unpaired) electrons. The molecule has 9 heteroatoms. The molecule has 1 saturated heterocycles. The highest BCUT2D eigenvalue weighted by atomic mass is 35.5. The van der Waals surface area contributed by atoms with Crippen molar-refractivity contribution in [3.63, 3.8) is 0 Å². The highest BCUT2D eigenvalue weighted by Crippen LogP contribution is 2.44. The lowest BCUT2D eigenvalue weighted by atomic mass is 9.86. The van der Waals surface area contributed by atoms with E-state index >= 15 is 0 Å². The van der Waals surface area contributed by atoms with E-state index in [-0.39, 0.29) is 42.0 Å². The second-order valence-corrected chi connectivity index (χ2v) is 13.5. The number of halogens is 1. The second-order valence-electron chi connectivity index (χ2n) is 10.7. The molecule has 2 heterocycles. The number of carbonyl (C=O) groups is 1. The maximum Gasteiger partial charge on any atom is 0.232 e. The summed E-state index contributed by atoms with van der Waals surface area (Å²) in [5.41, 5.74) is 4.68. The largest absolute Gasteiger partial charge is 0.493 e. The van der Waals surface area contributed by atoms with Gasteiger partial charge < -0.3 is 14.4 Å². The summed E-state index contributed by atoms with van der Waals surface area (Å²) in [6.07, 6.45) is 0.190. The molecule has 5 rings (SSSR count). The molecule has 2 atom stereocenters. The van der Waals surface area contributed by atoms with E-state index in [1.54, 1.807) is 7.11 Å². The summed E-state index contributed by atoms with van der Waals surface area (Å²) in [5, 5.41) is 0.625. The number of hydrogen-bond donors (Lipinski definition) is 0. The van der Waals surface area contributed by atoms with Gasteiger partial charge in [-0.2, -0.15) is 0 Å². The number of nitrogens with zero attached hydrogens (tertiary/aromatic N) is 2. The number of anilines is 1. The van der Waals surface area contributed by atoms with Crippen LogP contribution in [0.4, 0.5) is 5.69 Å². The van der Waals surface area contributed by atoms with Crippen molar-refractivity contribution in [3.8, 4) is 11.5 Å². The summed E-state index contributed by atoms with van der Waals surface area (Å²) < 4.78 is 35.5. The fourth-order valence-electron chi connectivity index (χ4n) is 5.57. The summed E-state index contributed by atoms with van der Waals surface area (Å²) in [7, 11) is -1.34. The van der Waals surface area contributed by atoms with Crippen LogP contribution in [0.5, 0.6) is 11.5 Å². The number of rotatable bonds is 7. The Kier molecular flexibility index (Phi) is 8.13. The normalized spacial score (nSPS) is 19.8. The lowest BCUT2D eigenvalue weighted by molar-refractivity contribution is -0.118. The summed E-state index contributed by atoms with van der Waals surface area (Å²) in [6, 6.07) is 19.2. The van der Waals surface area contributed by atoms with Crippen LogP contribution in [0.2, 0.25) is 5.02 Å². The van der Waals surface area contributed by atoms with Crippen LogP contribution in [-0.2, 0) is 21.1 Å². The van der Waals surface area contributed by atoms with Crippen LogP contribution >= 0.6 is 11.6 Å². The molecule has 0 spiro atoms. The molecule has 0 bridgehead atoms. The summed E-state index contributed by atoms with van der Waals surface area (Å²) in [4.78, 5) is 17.8. The predicted octanol–water partition coefficient (Wildman–Crippen LogP) is 5.61. The molecule has 0 N–H and O–H groups in total. The van der Waals surface area contributed by atoms with E-state index in [2.05, 4.69) is 11.8 Å². The van der Waals surface area contributed by atoms with Gasteiger partial charge in [0.1, 0.15) is 0 Å². The van der Waals surface area contributed by atoms with Crippen molar-refractivity contribution in [3.05, 3.63) is 87.9 Å². The van der Waals surface area contributed by atoms with E-state index in [1.807, 2.05) is 79.4 Å². The van der Waals surface area contributed by atoms with E-state index < -0.39 is 9.84 Å². The highest BCUT2D eigenvalue weighted by molar-refractivity contribution is 7.91. The van der Waals surface area contributed by atoms with Crippen molar-refractivity contribution in [2.45, 2.75) is 45.4 Å². The van der Waals surface area contributed by atoms with Crippen molar-refractivity contribution >= 4 is 33.0 Å². The quantitative estimate of drug-likeness (QED) is 0.361. The molecular formula is C31H35ClN2O5S. The van der Waals surface area contributed by atoms with E-state index in [9.17, 15) is 13.2 Å². The number of carbonyl (C=O) groups excluding carboxylic acids is 1. The third kappa shape index (κ3) is 5.85. The monoisotopic (exact) mass is 582 g/mol. The van der Waals surface area contributed by atoms with Gasteiger partial charge in [-0.25, -0.2) is 8.42 Å². The van der Waals surface area contributed by atoms with E-state index in [4.69, 9.17) is 21.1 Å². The SMILES string of the molecule is COc1cc2c(cc1OC(C)C)[C@H](c1ccc(Cl)cc1)N(c1ccc([C@@H](C)N3CCS(=O)(=O)CC3)cc1)C(=O)C2. The minimum atomic E-state index is -2.94. The van der Waals surface area contributed by atoms with Crippen LogP contribution in [0.15, 0.2) is 60.7 Å². The van der Waals surface area contributed by atoms with Crippen molar-refractivity contribution in [2.24, 2.45) is 0 Å².